The molecule has 2 aromatic heterocycles. The van der Waals surface area contributed by atoms with Gasteiger partial charge in [-0.25, -0.2) is 19.4 Å². The lowest BCUT2D eigenvalue weighted by molar-refractivity contribution is -0.143. The van der Waals surface area contributed by atoms with Gasteiger partial charge in [0.15, 0.2) is 23.1 Å². The van der Waals surface area contributed by atoms with E-state index in [1.807, 2.05) is 55.5 Å². The van der Waals surface area contributed by atoms with Crippen LogP contribution in [-0.4, -0.2) is 101 Å². The van der Waals surface area contributed by atoms with Crippen LogP contribution in [0, 0.1) is 30.5 Å². The van der Waals surface area contributed by atoms with Crippen LogP contribution in [0.15, 0.2) is 72.1 Å². The van der Waals surface area contributed by atoms with E-state index in [0.29, 0.717) is 83.7 Å². The number of likely N-dealkylation sites (tertiary alicyclic amines) is 1. The summed E-state index contributed by atoms with van der Waals surface area (Å²) in [5, 5.41) is 9.92. The molecule has 0 bridgehead atoms. The fraction of sp³-hybridized carbons (Fsp3) is 0.440. The molecule has 2 aliphatic carbocycles. The van der Waals surface area contributed by atoms with Gasteiger partial charge in [0.1, 0.15) is 29.3 Å². The number of methoxy groups -OCH3 is 3. The lowest BCUT2D eigenvalue weighted by Crippen LogP contribution is -2.56. The fourth-order valence-electron chi connectivity index (χ4n) is 9.87. The molecule has 4 atom stereocenters. The molecule has 3 aromatic carbocycles. The highest BCUT2D eigenvalue weighted by atomic mass is 19.1. The number of halogens is 1. The van der Waals surface area contributed by atoms with Gasteiger partial charge in [0.25, 0.3) is 5.91 Å². The predicted octanol–water partition coefficient (Wildman–Crippen LogP) is 7.83. The van der Waals surface area contributed by atoms with Crippen molar-refractivity contribution in [2.24, 2.45) is 22.9 Å². The summed E-state index contributed by atoms with van der Waals surface area (Å²) >= 11 is 0. The minimum atomic E-state index is -0.945. The molecule has 1 saturated heterocycles. The van der Waals surface area contributed by atoms with Gasteiger partial charge in [0, 0.05) is 53.7 Å². The van der Waals surface area contributed by atoms with Crippen molar-refractivity contribution in [2.45, 2.75) is 83.2 Å². The molecule has 3 fully saturated rings. The molecular formula is C50H56FN7O7. The van der Waals surface area contributed by atoms with E-state index in [0.717, 1.165) is 55.4 Å². The van der Waals surface area contributed by atoms with E-state index in [2.05, 4.69) is 20.3 Å². The second kappa shape index (κ2) is 18.5. The Morgan fingerprint density at radius 3 is 2.29 bits per heavy atom. The van der Waals surface area contributed by atoms with Gasteiger partial charge in [-0.3, -0.25) is 14.4 Å². The van der Waals surface area contributed by atoms with Gasteiger partial charge >= 0.3 is 0 Å². The number of amides is 3. The molecule has 3 amide bonds. The quantitative estimate of drug-likeness (QED) is 0.113. The molecule has 2 saturated carbocycles. The number of ether oxygens (including phenoxy) is 4. The van der Waals surface area contributed by atoms with Gasteiger partial charge < -0.3 is 34.1 Å². The molecule has 4 aliphatic rings. The maximum Gasteiger partial charge on any atom is 0.255 e. The molecule has 14 nitrogen and oxygen atoms in total. The summed E-state index contributed by atoms with van der Waals surface area (Å²) in [6.45, 7) is 4.93. The molecule has 2 aliphatic heterocycles. The monoisotopic (exact) mass is 885 g/mol. The van der Waals surface area contributed by atoms with Crippen LogP contribution in [0.4, 0.5) is 4.39 Å². The summed E-state index contributed by atoms with van der Waals surface area (Å²) in [6, 6.07) is 17.1. The molecular weight excluding hydrogens is 830 g/mol. The number of aromatic nitrogens is 3. The smallest absolute Gasteiger partial charge is 0.255 e. The second-order valence-corrected chi connectivity index (χ2v) is 17.8. The van der Waals surface area contributed by atoms with Crippen molar-refractivity contribution >= 4 is 34.5 Å². The average Bonchev–Trinajstić information content (AvgIpc) is 4.11. The van der Waals surface area contributed by atoms with Crippen LogP contribution in [0.1, 0.15) is 91.4 Å². The Morgan fingerprint density at radius 1 is 0.862 bits per heavy atom. The third-order valence-electron chi connectivity index (χ3n) is 13.7. The molecule has 15 heteroatoms. The summed E-state index contributed by atoms with van der Waals surface area (Å²) in [4.78, 5) is 57.8. The molecule has 0 unspecified atom stereocenters. The Hall–Kier alpha value is -6.51. The van der Waals surface area contributed by atoms with E-state index < -0.39 is 23.7 Å². The van der Waals surface area contributed by atoms with Gasteiger partial charge in [0.05, 0.1) is 50.8 Å². The van der Waals surface area contributed by atoms with Crippen molar-refractivity contribution in [2.75, 3.05) is 41.0 Å². The number of hydrogen-bond acceptors (Lipinski definition) is 10. The first-order valence-corrected chi connectivity index (χ1v) is 22.7. The van der Waals surface area contributed by atoms with Crippen molar-refractivity contribution in [3.05, 3.63) is 95.2 Å². The standard InChI is InChI=1S/C50H56FN7O7/c1-28(31-11-7-6-8-12-31)43(55-48(59)42-29(2)54-47-45(52-27-53-46(42)47)36-24-37(51)40(63-4)25-39(36)65-26-30-15-16-30)50(61)57-21-19-33(20-22-57)58-49(60)35-14-10-9-13-34(35)44(56-58)32-17-18-38(62-3)41(23-32)64-5/h6-8,11-12,17-18,23-25,27-28,30,33-35,43,54H,9-10,13-16,19-22,26H2,1-5H3,(H,55,59)/t28-,34+,35-,43-/m1/s1. The Bertz CT molecular complexity index is 2620. The highest BCUT2D eigenvalue weighted by Crippen LogP contribution is 2.42. The Kier molecular flexibility index (Phi) is 12.5. The van der Waals surface area contributed by atoms with E-state index >= 15 is 4.39 Å². The summed E-state index contributed by atoms with van der Waals surface area (Å²) < 4.78 is 37.9. The molecule has 65 heavy (non-hydrogen) atoms. The number of aromatic amines is 1. The summed E-state index contributed by atoms with van der Waals surface area (Å²) in [7, 11) is 4.62. The highest BCUT2D eigenvalue weighted by Gasteiger charge is 2.45. The Morgan fingerprint density at radius 2 is 1.58 bits per heavy atom. The van der Waals surface area contributed by atoms with Gasteiger partial charge in [0.2, 0.25) is 11.8 Å². The number of benzene rings is 3. The van der Waals surface area contributed by atoms with Crippen LogP contribution in [-0.2, 0) is 9.59 Å². The fourth-order valence-corrected chi connectivity index (χ4v) is 9.87. The van der Waals surface area contributed by atoms with Crippen molar-refractivity contribution in [3.8, 4) is 34.3 Å². The first-order valence-electron chi connectivity index (χ1n) is 22.7. The first-order chi connectivity index (χ1) is 31.6. The number of rotatable bonds is 14. The molecule has 340 valence electrons. The molecule has 2 N–H and O–H groups in total. The average molecular weight is 886 g/mol. The van der Waals surface area contributed by atoms with E-state index in [1.165, 1.54) is 25.6 Å². The third-order valence-corrected chi connectivity index (χ3v) is 13.7. The summed E-state index contributed by atoms with van der Waals surface area (Å²) in [6.07, 6.45) is 8.27. The number of carbonyl (C=O) groups is 3. The van der Waals surface area contributed by atoms with Crippen LogP contribution in [0.5, 0.6) is 23.0 Å². The molecule has 5 aromatic rings. The van der Waals surface area contributed by atoms with Crippen LogP contribution in [0.2, 0.25) is 0 Å². The Labute approximate surface area is 377 Å². The van der Waals surface area contributed by atoms with Gasteiger partial charge in [-0.1, -0.05) is 50.1 Å². The van der Waals surface area contributed by atoms with E-state index in [4.69, 9.17) is 24.0 Å². The van der Waals surface area contributed by atoms with Crippen LogP contribution in [0.3, 0.4) is 0 Å². The topological polar surface area (TPSA) is 161 Å². The van der Waals surface area contributed by atoms with Crippen molar-refractivity contribution in [1.82, 2.24) is 30.2 Å². The van der Waals surface area contributed by atoms with Crippen LogP contribution < -0.4 is 24.3 Å². The second-order valence-electron chi connectivity index (χ2n) is 17.8. The van der Waals surface area contributed by atoms with Gasteiger partial charge in [-0.2, -0.15) is 5.10 Å². The predicted molar refractivity (Wildman–Crippen MR) is 243 cm³/mol. The molecule has 0 radical (unpaired) electrons. The zero-order chi connectivity index (χ0) is 45.4. The number of carbonyl (C=O) groups excluding carboxylic acids is 3. The number of nitrogens with zero attached hydrogens (tertiary/aromatic N) is 5. The minimum Gasteiger partial charge on any atom is -0.494 e. The normalized spacial score (nSPS) is 19.8. The first kappa shape index (κ1) is 43.7. The lowest BCUT2D eigenvalue weighted by Gasteiger charge is -2.44. The van der Waals surface area contributed by atoms with Crippen molar-refractivity contribution in [3.63, 3.8) is 0 Å². The number of H-pyrrole nitrogens is 1. The van der Waals surface area contributed by atoms with Crippen molar-refractivity contribution < 1.29 is 37.7 Å². The van der Waals surface area contributed by atoms with Crippen LogP contribution in [0.25, 0.3) is 22.3 Å². The maximum absolute atomic E-state index is 15.3. The summed E-state index contributed by atoms with van der Waals surface area (Å²) in [5.74, 6) is 0.329. The highest BCUT2D eigenvalue weighted by molar-refractivity contribution is 6.10. The number of nitrogens with one attached hydrogen (secondary N) is 2. The third kappa shape index (κ3) is 8.60. The number of hydrogen-bond donors (Lipinski definition) is 2. The number of piperidine rings is 1. The SMILES string of the molecule is COc1cc(OCC2CC2)c(-c2ncnc3c(C(=O)N[C@@H](C(=O)N4CCC(N5N=C(c6ccc(OC)c(OC)c6)[C@H]6CCCC[C@H]6C5=O)CC4)[C@H](C)c4ccccc4)c(C)[nH]c23)cc1F. The van der Waals surface area contributed by atoms with E-state index in [1.54, 1.807) is 31.1 Å². The number of hydrazone groups is 1. The summed E-state index contributed by atoms with van der Waals surface area (Å²) in [5.41, 5.74) is 4.96. The van der Waals surface area contributed by atoms with E-state index in [-0.39, 0.29) is 41.0 Å². The van der Waals surface area contributed by atoms with Gasteiger partial charge in [-0.05, 0) is 81.2 Å². The van der Waals surface area contributed by atoms with Gasteiger partial charge in [-0.15, -0.1) is 0 Å². The number of aryl methyl sites for hydroxylation is 1. The minimum absolute atomic E-state index is 0.0174. The zero-order valence-corrected chi connectivity index (χ0v) is 37.6. The zero-order valence-electron chi connectivity index (χ0n) is 37.6. The maximum atomic E-state index is 15.3. The molecule has 4 heterocycles. The van der Waals surface area contributed by atoms with E-state index in [9.17, 15) is 14.4 Å². The number of fused-ring (bicyclic) bond motifs is 2. The molecule has 0 spiro atoms. The molecule has 9 rings (SSSR count). The largest absolute Gasteiger partial charge is 0.494 e. The van der Waals surface area contributed by atoms with Crippen molar-refractivity contribution in [1.29, 1.82) is 0 Å². The van der Waals surface area contributed by atoms with Crippen LogP contribution >= 0.6 is 0 Å². The lowest BCUT2D eigenvalue weighted by atomic mass is 9.73. The Balaban J connectivity index is 0.976.